The quantitative estimate of drug-likeness (QED) is 0.224. The van der Waals surface area contributed by atoms with Crippen LogP contribution in [0.5, 0.6) is 0 Å². The van der Waals surface area contributed by atoms with Crippen LogP contribution in [0, 0.1) is 0 Å². The zero-order valence-electron chi connectivity index (χ0n) is 19.8. The van der Waals surface area contributed by atoms with Gasteiger partial charge in [0, 0.05) is 34.5 Å². The lowest BCUT2D eigenvalue weighted by Crippen LogP contribution is -2.23. The van der Waals surface area contributed by atoms with Gasteiger partial charge in [0.15, 0.2) is 0 Å². The molecule has 0 saturated carbocycles. The number of benzene rings is 5. The number of carbonyl (C=O) groups excluding carboxylic acids is 1. The fourth-order valence-electron chi connectivity index (χ4n) is 4.14. The topological polar surface area (TPSA) is 23.6 Å². The van der Waals surface area contributed by atoms with E-state index in [0.29, 0.717) is 0 Å². The normalized spacial score (nSPS) is 10.8. The molecular weight excluding hydrogens is 440 g/mol. The highest BCUT2D eigenvalue weighted by Crippen LogP contribution is 2.34. The van der Waals surface area contributed by atoms with Gasteiger partial charge in [0.1, 0.15) is 0 Å². The summed E-state index contributed by atoms with van der Waals surface area (Å²) in [6, 6.07) is 48.2. The van der Waals surface area contributed by atoms with Crippen LogP contribution in [0.4, 0.5) is 28.4 Å². The van der Waals surface area contributed by atoms with E-state index in [1.807, 2.05) is 115 Å². The van der Waals surface area contributed by atoms with Gasteiger partial charge in [-0.2, -0.15) is 0 Å². The van der Waals surface area contributed by atoms with Gasteiger partial charge in [-0.3, -0.25) is 9.69 Å². The van der Waals surface area contributed by atoms with Crippen molar-refractivity contribution in [1.82, 2.24) is 0 Å². The molecule has 0 aliphatic carbocycles. The fourth-order valence-corrected chi connectivity index (χ4v) is 4.14. The van der Waals surface area contributed by atoms with Crippen molar-refractivity contribution in [2.24, 2.45) is 0 Å². The van der Waals surface area contributed by atoms with Gasteiger partial charge >= 0.3 is 0 Å². The molecule has 0 spiro atoms. The Balaban J connectivity index is 1.41. The Labute approximate surface area is 212 Å². The summed E-state index contributed by atoms with van der Waals surface area (Å²) in [5.74, 6) is -0.105. The molecule has 0 aliphatic rings. The smallest absolute Gasteiger partial charge is 0.255 e. The predicted molar refractivity (Wildman–Crippen MR) is 150 cm³/mol. The van der Waals surface area contributed by atoms with Crippen LogP contribution in [0.25, 0.3) is 6.08 Å². The van der Waals surface area contributed by atoms with Crippen LogP contribution >= 0.6 is 0 Å². The number of hydrogen-bond donors (Lipinski definition) is 0. The monoisotopic (exact) mass is 466 g/mol. The zero-order valence-corrected chi connectivity index (χ0v) is 19.8. The zero-order chi connectivity index (χ0) is 24.6. The van der Waals surface area contributed by atoms with Crippen molar-refractivity contribution in [2.75, 3.05) is 9.80 Å². The number of carbonyl (C=O) groups is 1. The van der Waals surface area contributed by atoms with E-state index in [1.165, 1.54) is 0 Å². The van der Waals surface area contributed by atoms with Gasteiger partial charge in [0.05, 0.1) is 0 Å². The molecule has 5 aromatic rings. The summed E-state index contributed by atoms with van der Waals surface area (Å²) in [4.78, 5) is 17.2. The molecule has 1 amide bonds. The Morgan fingerprint density at radius 1 is 0.444 bits per heavy atom. The van der Waals surface area contributed by atoms with Crippen LogP contribution in [-0.4, -0.2) is 5.91 Å². The highest BCUT2D eigenvalue weighted by atomic mass is 16.2. The maximum Gasteiger partial charge on any atom is 0.255 e. The van der Waals surface area contributed by atoms with E-state index in [1.54, 1.807) is 11.0 Å². The summed E-state index contributed by atoms with van der Waals surface area (Å²) in [6.45, 7) is 0. The third-order valence-corrected chi connectivity index (χ3v) is 5.85. The number of amides is 1. The molecule has 0 fully saturated rings. The first-order chi connectivity index (χ1) is 17.8. The molecule has 3 heteroatoms. The second-order valence-corrected chi connectivity index (χ2v) is 8.28. The van der Waals surface area contributed by atoms with Crippen LogP contribution < -0.4 is 9.80 Å². The van der Waals surface area contributed by atoms with Crippen LogP contribution in [0.2, 0.25) is 0 Å². The van der Waals surface area contributed by atoms with Crippen molar-refractivity contribution in [3.63, 3.8) is 0 Å². The Kier molecular flexibility index (Phi) is 7.01. The van der Waals surface area contributed by atoms with Crippen molar-refractivity contribution >= 4 is 40.4 Å². The van der Waals surface area contributed by atoms with Gasteiger partial charge in [0.2, 0.25) is 0 Å². The summed E-state index contributed by atoms with van der Waals surface area (Å²) in [5.41, 5.74) is 5.83. The molecule has 0 bridgehead atoms. The van der Waals surface area contributed by atoms with E-state index in [-0.39, 0.29) is 5.91 Å². The maximum absolute atomic E-state index is 13.3. The summed E-state index contributed by atoms with van der Waals surface area (Å²) in [7, 11) is 0. The molecule has 0 radical (unpaired) electrons. The third kappa shape index (κ3) is 5.26. The molecule has 0 aliphatic heterocycles. The fraction of sp³-hybridized carbons (Fsp3) is 0. The van der Waals surface area contributed by atoms with Crippen molar-refractivity contribution in [3.8, 4) is 0 Å². The lowest BCUT2D eigenvalue weighted by atomic mass is 10.1. The lowest BCUT2D eigenvalue weighted by molar-refractivity contribution is -0.113. The Morgan fingerprint density at radius 2 is 0.806 bits per heavy atom. The average Bonchev–Trinajstić information content (AvgIpc) is 2.95. The van der Waals surface area contributed by atoms with Gasteiger partial charge in [-0.25, -0.2) is 0 Å². The lowest BCUT2D eigenvalue weighted by Gasteiger charge is -2.25. The van der Waals surface area contributed by atoms with Crippen molar-refractivity contribution in [1.29, 1.82) is 0 Å². The minimum atomic E-state index is -0.105. The number of anilines is 5. The highest BCUT2D eigenvalue weighted by Gasteiger charge is 2.15. The Hall–Kier alpha value is -4.89. The van der Waals surface area contributed by atoms with Crippen LogP contribution in [0.15, 0.2) is 152 Å². The molecule has 0 unspecified atom stereocenters. The standard InChI is InChI=1S/C33H26N2O/c36-33(35(30-17-9-3-10-18-30)31-19-11-4-12-20-31)26-23-27-21-24-32(25-22-27)34(28-13-5-1-6-14-28)29-15-7-2-8-16-29/h1-26H/b26-23+. The minimum absolute atomic E-state index is 0.105. The Bertz CT molecular complexity index is 1340. The van der Waals surface area contributed by atoms with Crippen molar-refractivity contribution in [2.45, 2.75) is 0 Å². The first-order valence-corrected chi connectivity index (χ1v) is 11.9. The summed E-state index contributed by atoms with van der Waals surface area (Å²) in [6.07, 6.45) is 3.49. The molecule has 0 atom stereocenters. The maximum atomic E-state index is 13.3. The van der Waals surface area contributed by atoms with Crippen molar-refractivity contribution in [3.05, 3.63) is 157 Å². The van der Waals surface area contributed by atoms with E-state index >= 15 is 0 Å². The van der Waals surface area contributed by atoms with E-state index in [0.717, 1.165) is 34.0 Å². The molecule has 3 nitrogen and oxygen atoms in total. The first-order valence-electron chi connectivity index (χ1n) is 11.9. The number of para-hydroxylation sites is 4. The first kappa shape index (κ1) is 22.9. The number of rotatable bonds is 7. The van der Waals surface area contributed by atoms with E-state index in [2.05, 4.69) is 41.3 Å². The molecule has 174 valence electrons. The second-order valence-electron chi connectivity index (χ2n) is 8.28. The summed E-state index contributed by atoms with van der Waals surface area (Å²) in [5, 5.41) is 0. The molecule has 5 rings (SSSR count). The van der Waals surface area contributed by atoms with Crippen molar-refractivity contribution < 1.29 is 4.79 Å². The van der Waals surface area contributed by atoms with Gasteiger partial charge in [-0.05, 0) is 72.3 Å². The van der Waals surface area contributed by atoms with Crippen LogP contribution in [0.3, 0.4) is 0 Å². The van der Waals surface area contributed by atoms with Gasteiger partial charge < -0.3 is 4.90 Å². The molecule has 0 saturated heterocycles. The molecule has 0 aromatic heterocycles. The van der Waals surface area contributed by atoms with Crippen LogP contribution in [-0.2, 0) is 4.79 Å². The third-order valence-electron chi connectivity index (χ3n) is 5.85. The summed E-state index contributed by atoms with van der Waals surface area (Å²) >= 11 is 0. The van der Waals surface area contributed by atoms with E-state index in [9.17, 15) is 4.79 Å². The number of nitrogens with zero attached hydrogens (tertiary/aromatic N) is 2. The molecule has 5 aromatic carbocycles. The van der Waals surface area contributed by atoms with Crippen LogP contribution in [0.1, 0.15) is 5.56 Å². The molecule has 0 N–H and O–H groups in total. The highest BCUT2D eigenvalue weighted by molar-refractivity contribution is 6.08. The van der Waals surface area contributed by atoms with Gasteiger partial charge in [-0.15, -0.1) is 0 Å². The molecule has 0 heterocycles. The second kappa shape index (κ2) is 11.0. The number of hydrogen-bond acceptors (Lipinski definition) is 2. The summed E-state index contributed by atoms with van der Waals surface area (Å²) < 4.78 is 0. The Morgan fingerprint density at radius 3 is 1.22 bits per heavy atom. The average molecular weight is 467 g/mol. The largest absolute Gasteiger partial charge is 0.311 e. The molecular formula is C33H26N2O. The minimum Gasteiger partial charge on any atom is -0.311 e. The SMILES string of the molecule is O=C(/C=C/c1ccc(N(c2ccccc2)c2ccccc2)cc1)N(c1ccccc1)c1ccccc1. The molecule has 36 heavy (non-hydrogen) atoms. The van der Waals surface area contributed by atoms with Gasteiger partial charge in [-0.1, -0.05) is 84.9 Å². The van der Waals surface area contributed by atoms with Gasteiger partial charge in [0.25, 0.3) is 5.91 Å². The van der Waals surface area contributed by atoms with E-state index < -0.39 is 0 Å². The van der Waals surface area contributed by atoms with E-state index in [4.69, 9.17) is 0 Å². The predicted octanol–water partition coefficient (Wildman–Crippen LogP) is 8.53.